The molecule has 25 heavy (non-hydrogen) atoms. The summed E-state index contributed by atoms with van der Waals surface area (Å²) in [6, 6.07) is 13.5. The lowest BCUT2D eigenvalue weighted by atomic mass is 10.1. The number of ether oxygens (including phenoxy) is 1. The van der Waals surface area contributed by atoms with Crippen molar-refractivity contribution in [1.82, 2.24) is 9.97 Å². The van der Waals surface area contributed by atoms with Gasteiger partial charge in [0.2, 0.25) is 0 Å². The van der Waals surface area contributed by atoms with Crippen LogP contribution in [0.3, 0.4) is 0 Å². The zero-order valence-corrected chi connectivity index (χ0v) is 13.2. The molecule has 0 fully saturated rings. The minimum atomic E-state index is -0.468. The molecule has 2 aromatic heterocycles. The lowest BCUT2D eigenvalue weighted by Crippen LogP contribution is -2.08. The van der Waals surface area contributed by atoms with Crippen LogP contribution in [0.1, 0.15) is 26.3 Å². The number of ketones is 1. The standard InChI is InChI=1S/C20H14N2O3/c23-19(16-9-12-21-13-10-16)8-5-15-3-6-18(7-4-15)25-20(24)17-2-1-11-22-14-17/h1-14H/b8-5+. The number of aromatic nitrogens is 2. The average molecular weight is 330 g/mol. The zero-order valence-electron chi connectivity index (χ0n) is 13.2. The third-order valence-electron chi connectivity index (χ3n) is 3.38. The van der Waals surface area contributed by atoms with Gasteiger partial charge in [-0.15, -0.1) is 0 Å². The molecule has 3 rings (SSSR count). The van der Waals surface area contributed by atoms with Crippen molar-refractivity contribution in [1.29, 1.82) is 0 Å². The number of hydrogen-bond acceptors (Lipinski definition) is 5. The van der Waals surface area contributed by atoms with Gasteiger partial charge in [0.05, 0.1) is 5.56 Å². The van der Waals surface area contributed by atoms with Crippen molar-refractivity contribution in [2.75, 3.05) is 0 Å². The Morgan fingerprint density at radius 1 is 0.840 bits per heavy atom. The maximum Gasteiger partial charge on any atom is 0.345 e. The van der Waals surface area contributed by atoms with Crippen molar-refractivity contribution < 1.29 is 14.3 Å². The van der Waals surface area contributed by atoms with Crippen molar-refractivity contribution in [3.63, 3.8) is 0 Å². The van der Waals surface area contributed by atoms with Gasteiger partial charge in [-0.05, 0) is 48.0 Å². The van der Waals surface area contributed by atoms with E-state index in [9.17, 15) is 9.59 Å². The third-order valence-corrected chi connectivity index (χ3v) is 3.38. The fourth-order valence-corrected chi connectivity index (χ4v) is 2.08. The fourth-order valence-electron chi connectivity index (χ4n) is 2.08. The highest BCUT2D eigenvalue weighted by atomic mass is 16.5. The Morgan fingerprint density at radius 2 is 1.60 bits per heavy atom. The van der Waals surface area contributed by atoms with Crippen LogP contribution in [0.5, 0.6) is 5.75 Å². The highest BCUT2D eigenvalue weighted by molar-refractivity contribution is 6.06. The molecule has 0 saturated heterocycles. The van der Waals surface area contributed by atoms with Gasteiger partial charge in [0, 0.05) is 30.4 Å². The van der Waals surface area contributed by atoms with Gasteiger partial charge in [0.15, 0.2) is 5.78 Å². The minimum absolute atomic E-state index is 0.102. The van der Waals surface area contributed by atoms with Crippen molar-refractivity contribution in [3.8, 4) is 5.75 Å². The highest BCUT2D eigenvalue weighted by Gasteiger charge is 2.08. The zero-order chi connectivity index (χ0) is 17.5. The summed E-state index contributed by atoms with van der Waals surface area (Å²) >= 11 is 0. The fraction of sp³-hybridized carbons (Fsp3) is 0. The molecular weight excluding hydrogens is 316 g/mol. The molecule has 5 nitrogen and oxygen atoms in total. The molecular formula is C20H14N2O3. The molecule has 3 aromatic rings. The predicted molar refractivity (Wildman–Crippen MR) is 93.2 cm³/mol. The van der Waals surface area contributed by atoms with Crippen molar-refractivity contribution >= 4 is 17.8 Å². The number of pyridine rings is 2. The summed E-state index contributed by atoms with van der Waals surface area (Å²) in [6.07, 6.45) is 9.38. The van der Waals surface area contributed by atoms with E-state index in [1.807, 2.05) is 0 Å². The molecule has 0 N–H and O–H groups in total. The molecule has 2 heterocycles. The maximum atomic E-state index is 12.0. The molecule has 0 aliphatic carbocycles. The Morgan fingerprint density at radius 3 is 2.28 bits per heavy atom. The SMILES string of the molecule is O=C(/C=C/c1ccc(OC(=O)c2cccnc2)cc1)c1ccncc1. The molecule has 1 aromatic carbocycles. The number of nitrogens with zero attached hydrogens (tertiary/aromatic N) is 2. The summed E-state index contributed by atoms with van der Waals surface area (Å²) in [4.78, 5) is 31.7. The van der Waals surface area contributed by atoms with Crippen LogP contribution >= 0.6 is 0 Å². The molecule has 0 aliphatic heterocycles. The summed E-state index contributed by atoms with van der Waals surface area (Å²) in [5.41, 5.74) is 1.78. The summed E-state index contributed by atoms with van der Waals surface area (Å²) in [6.45, 7) is 0. The Balaban J connectivity index is 1.63. The van der Waals surface area contributed by atoms with E-state index < -0.39 is 5.97 Å². The molecule has 0 saturated carbocycles. The number of hydrogen-bond donors (Lipinski definition) is 0. The molecule has 0 unspecified atom stereocenters. The van der Waals surface area contributed by atoms with E-state index in [0.717, 1.165) is 5.56 Å². The Labute approximate surface area is 144 Å². The second-order valence-electron chi connectivity index (χ2n) is 5.13. The number of carbonyl (C=O) groups is 2. The topological polar surface area (TPSA) is 69.2 Å². The molecule has 0 atom stereocenters. The first-order valence-corrected chi connectivity index (χ1v) is 7.57. The van der Waals surface area contributed by atoms with Crippen LogP contribution in [0.2, 0.25) is 0 Å². The van der Waals surface area contributed by atoms with Crippen LogP contribution in [0.15, 0.2) is 79.4 Å². The number of carbonyl (C=O) groups excluding carboxylic acids is 2. The monoisotopic (exact) mass is 330 g/mol. The molecule has 0 aliphatic rings. The smallest absolute Gasteiger partial charge is 0.345 e. The summed E-state index contributed by atoms with van der Waals surface area (Å²) in [7, 11) is 0. The first-order chi connectivity index (χ1) is 12.2. The van der Waals surface area contributed by atoms with E-state index in [0.29, 0.717) is 16.9 Å². The molecule has 0 spiro atoms. The maximum absolute atomic E-state index is 12.0. The number of benzene rings is 1. The highest BCUT2D eigenvalue weighted by Crippen LogP contribution is 2.15. The molecule has 0 amide bonds. The number of rotatable bonds is 5. The van der Waals surface area contributed by atoms with Crippen molar-refractivity contribution in [3.05, 3.63) is 96.1 Å². The van der Waals surface area contributed by atoms with Gasteiger partial charge in [-0.3, -0.25) is 14.8 Å². The summed E-state index contributed by atoms with van der Waals surface area (Å²) < 4.78 is 5.27. The van der Waals surface area contributed by atoms with Crippen LogP contribution in [0.4, 0.5) is 0 Å². The van der Waals surface area contributed by atoms with E-state index in [-0.39, 0.29) is 5.78 Å². The minimum Gasteiger partial charge on any atom is -0.423 e. The van der Waals surface area contributed by atoms with Crippen molar-refractivity contribution in [2.24, 2.45) is 0 Å². The van der Waals surface area contributed by atoms with E-state index in [1.54, 1.807) is 73.2 Å². The normalized spacial score (nSPS) is 10.6. The van der Waals surface area contributed by atoms with E-state index >= 15 is 0 Å². The van der Waals surface area contributed by atoms with Crippen LogP contribution in [0, 0.1) is 0 Å². The lowest BCUT2D eigenvalue weighted by molar-refractivity contribution is 0.0734. The van der Waals surface area contributed by atoms with Gasteiger partial charge >= 0.3 is 5.97 Å². The van der Waals surface area contributed by atoms with Crippen LogP contribution in [-0.2, 0) is 0 Å². The van der Waals surface area contributed by atoms with Gasteiger partial charge in [0.1, 0.15) is 5.75 Å². The van der Waals surface area contributed by atoms with E-state index in [1.165, 1.54) is 12.3 Å². The largest absolute Gasteiger partial charge is 0.423 e. The third kappa shape index (κ3) is 4.45. The van der Waals surface area contributed by atoms with E-state index in [2.05, 4.69) is 9.97 Å². The lowest BCUT2D eigenvalue weighted by Gasteiger charge is -2.04. The Kier molecular flexibility index (Phi) is 5.07. The quantitative estimate of drug-likeness (QED) is 0.309. The average Bonchev–Trinajstić information content (AvgIpc) is 2.68. The van der Waals surface area contributed by atoms with Crippen LogP contribution in [-0.4, -0.2) is 21.7 Å². The van der Waals surface area contributed by atoms with Gasteiger partial charge in [-0.2, -0.15) is 0 Å². The Bertz CT molecular complexity index is 889. The van der Waals surface area contributed by atoms with E-state index in [4.69, 9.17) is 4.74 Å². The molecule has 0 bridgehead atoms. The first-order valence-electron chi connectivity index (χ1n) is 7.57. The Hall–Kier alpha value is -3.60. The number of allylic oxidation sites excluding steroid dienone is 1. The van der Waals surface area contributed by atoms with Gasteiger partial charge in [-0.25, -0.2) is 4.79 Å². The second kappa shape index (κ2) is 7.79. The summed E-state index contributed by atoms with van der Waals surface area (Å²) in [5, 5.41) is 0. The van der Waals surface area contributed by atoms with Crippen LogP contribution < -0.4 is 4.74 Å². The van der Waals surface area contributed by atoms with Crippen molar-refractivity contribution in [2.45, 2.75) is 0 Å². The molecule has 122 valence electrons. The summed E-state index contributed by atoms with van der Waals surface area (Å²) in [5.74, 6) is -0.148. The van der Waals surface area contributed by atoms with Gasteiger partial charge < -0.3 is 4.74 Å². The first kappa shape index (κ1) is 16.3. The van der Waals surface area contributed by atoms with Gasteiger partial charge in [-0.1, -0.05) is 18.2 Å². The van der Waals surface area contributed by atoms with Crippen LogP contribution in [0.25, 0.3) is 6.08 Å². The van der Waals surface area contributed by atoms with Gasteiger partial charge in [0.25, 0.3) is 0 Å². The molecule has 0 radical (unpaired) electrons. The predicted octanol–water partition coefficient (Wildman–Crippen LogP) is 3.59. The second-order valence-corrected chi connectivity index (χ2v) is 5.13. The number of esters is 1. The molecule has 5 heteroatoms.